The Morgan fingerprint density at radius 3 is 2.67 bits per heavy atom. The quantitative estimate of drug-likeness (QED) is 0.528. The Morgan fingerprint density at radius 2 is 1.87 bits per heavy atom. The number of aromatic nitrogens is 4. The molecule has 6 nitrogen and oxygen atoms in total. The average Bonchev–Trinajstić information content (AvgIpc) is 3.24. The number of pyridine rings is 1. The molecule has 2 atom stereocenters. The molecule has 1 fully saturated rings. The van der Waals surface area contributed by atoms with Crippen molar-refractivity contribution in [3.63, 3.8) is 0 Å². The van der Waals surface area contributed by atoms with E-state index in [0.29, 0.717) is 30.0 Å². The minimum atomic E-state index is -0.960. The van der Waals surface area contributed by atoms with Gasteiger partial charge in [-0.05, 0) is 54.7 Å². The molecule has 152 valence electrons. The van der Waals surface area contributed by atoms with E-state index in [4.69, 9.17) is 4.74 Å². The third-order valence-electron chi connectivity index (χ3n) is 5.55. The van der Waals surface area contributed by atoms with Gasteiger partial charge in [0.15, 0.2) is 0 Å². The zero-order valence-corrected chi connectivity index (χ0v) is 16.3. The number of nitrogens with zero attached hydrogens (tertiary/aromatic N) is 4. The third-order valence-corrected chi connectivity index (χ3v) is 5.55. The Morgan fingerprint density at radius 1 is 1.00 bits per heavy atom. The van der Waals surface area contributed by atoms with Crippen LogP contribution in [0.25, 0.3) is 27.9 Å². The Bertz CT molecular complexity index is 1180. The molecule has 1 saturated carbocycles. The molecule has 0 saturated heterocycles. The number of fused-ring (bicyclic) bond motifs is 1. The first-order valence-electron chi connectivity index (χ1n) is 10.1. The van der Waals surface area contributed by atoms with Crippen molar-refractivity contribution >= 4 is 5.52 Å². The maximum absolute atomic E-state index is 14.0. The maximum atomic E-state index is 14.0. The third kappa shape index (κ3) is 3.58. The van der Waals surface area contributed by atoms with Crippen LogP contribution in [0.3, 0.4) is 0 Å². The monoisotopic (exact) mass is 404 g/mol. The van der Waals surface area contributed by atoms with Gasteiger partial charge >= 0.3 is 0 Å². The van der Waals surface area contributed by atoms with E-state index in [-0.39, 0.29) is 5.75 Å². The average molecular weight is 404 g/mol. The molecule has 3 aromatic heterocycles. The molecule has 1 aliphatic carbocycles. The molecule has 4 aromatic rings. The minimum Gasteiger partial charge on any atom is -0.507 e. The normalized spacial score (nSPS) is 19.1. The number of phenolic OH excluding ortho intramolecular Hbond substituents is 1. The van der Waals surface area contributed by atoms with E-state index in [2.05, 4.69) is 15.2 Å². The fourth-order valence-electron chi connectivity index (χ4n) is 3.88. The Hall–Kier alpha value is -3.48. The van der Waals surface area contributed by atoms with Crippen molar-refractivity contribution in [2.45, 2.75) is 38.0 Å². The summed E-state index contributed by atoms with van der Waals surface area (Å²) < 4.78 is 21.6. The van der Waals surface area contributed by atoms with E-state index in [1.807, 2.05) is 34.9 Å². The number of alkyl halides is 1. The summed E-state index contributed by atoms with van der Waals surface area (Å²) in [4.78, 5) is 4.12. The first-order chi connectivity index (χ1) is 14.7. The van der Waals surface area contributed by atoms with Crippen LogP contribution >= 0.6 is 0 Å². The van der Waals surface area contributed by atoms with Gasteiger partial charge in [0.1, 0.15) is 18.0 Å². The lowest BCUT2D eigenvalue weighted by Gasteiger charge is -2.25. The number of halogens is 1. The molecule has 0 amide bonds. The predicted octanol–water partition coefficient (Wildman–Crippen LogP) is 4.82. The topological polar surface area (TPSA) is 72.5 Å². The summed E-state index contributed by atoms with van der Waals surface area (Å²) in [5.74, 6) is 0.412. The summed E-state index contributed by atoms with van der Waals surface area (Å²) in [6.07, 6.45) is 7.16. The highest BCUT2D eigenvalue weighted by Crippen LogP contribution is 2.33. The van der Waals surface area contributed by atoms with Crippen LogP contribution in [0.2, 0.25) is 0 Å². The number of hydrogen-bond acceptors (Lipinski definition) is 5. The fraction of sp³-hybridized carbons (Fsp3) is 0.261. The molecule has 3 heterocycles. The van der Waals surface area contributed by atoms with Crippen LogP contribution in [0.5, 0.6) is 11.6 Å². The van der Waals surface area contributed by atoms with Gasteiger partial charge in [-0.25, -0.2) is 9.37 Å². The van der Waals surface area contributed by atoms with Crippen LogP contribution in [0.4, 0.5) is 4.39 Å². The molecule has 7 heteroatoms. The van der Waals surface area contributed by atoms with Crippen molar-refractivity contribution in [3.05, 3.63) is 61.2 Å². The van der Waals surface area contributed by atoms with Crippen LogP contribution in [0.1, 0.15) is 25.7 Å². The van der Waals surface area contributed by atoms with Crippen molar-refractivity contribution < 1.29 is 14.2 Å². The van der Waals surface area contributed by atoms with E-state index in [0.717, 1.165) is 29.5 Å². The molecule has 5 rings (SSSR count). The van der Waals surface area contributed by atoms with E-state index < -0.39 is 12.3 Å². The zero-order chi connectivity index (χ0) is 20.5. The number of hydrogen-bond donors (Lipinski definition) is 1. The lowest BCUT2D eigenvalue weighted by atomic mass is 9.96. The van der Waals surface area contributed by atoms with E-state index in [9.17, 15) is 9.50 Å². The van der Waals surface area contributed by atoms with Gasteiger partial charge in [-0.2, -0.15) is 0 Å². The van der Waals surface area contributed by atoms with Crippen molar-refractivity contribution in [3.8, 4) is 34.0 Å². The van der Waals surface area contributed by atoms with Gasteiger partial charge in [-0.1, -0.05) is 18.6 Å². The number of ether oxygens (including phenoxy) is 1. The van der Waals surface area contributed by atoms with Crippen molar-refractivity contribution in [2.75, 3.05) is 0 Å². The van der Waals surface area contributed by atoms with Crippen molar-refractivity contribution in [2.24, 2.45) is 0 Å². The largest absolute Gasteiger partial charge is 0.507 e. The molecule has 1 N–H and O–H groups in total. The molecule has 1 aromatic carbocycles. The van der Waals surface area contributed by atoms with E-state index in [1.54, 1.807) is 30.7 Å². The maximum Gasteiger partial charge on any atom is 0.233 e. The summed E-state index contributed by atoms with van der Waals surface area (Å²) in [5.41, 5.74) is 3.94. The second kappa shape index (κ2) is 7.74. The van der Waals surface area contributed by atoms with Crippen LogP contribution in [0.15, 0.2) is 61.2 Å². The van der Waals surface area contributed by atoms with Gasteiger partial charge in [-0.15, -0.1) is 10.2 Å². The molecule has 0 radical (unpaired) electrons. The van der Waals surface area contributed by atoms with Gasteiger partial charge in [0.25, 0.3) is 0 Å². The van der Waals surface area contributed by atoms with Gasteiger partial charge in [-0.3, -0.25) is 0 Å². The second-order valence-electron chi connectivity index (χ2n) is 7.59. The summed E-state index contributed by atoms with van der Waals surface area (Å²) in [6.45, 7) is 0. The second-order valence-corrected chi connectivity index (χ2v) is 7.59. The van der Waals surface area contributed by atoms with Gasteiger partial charge in [0.05, 0.1) is 23.7 Å². The number of imidazole rings is 1. The highest BCUT2D eigenvalue weighted by Gasteiger charge is 2.26. The highest BCUT2D eigenvalue weighted by atomic mass is 19.1. The smallest absolute Gasteiger partial charge is 0.233 e. The summed E-state index contributed by atoms with van der Waals surface area (Å²) in [7, 11) is 0. The first kappa shape index (κ1) is 18.5. The molecule has 1 aliphatic rings. The van der Waals surface area contributed by atoms with Gasteiger partial charge in [0.2, 0.25) is 5.88 Å². The Balaban J connectivity index is 1.36. The van der Waals surface area contributed by atoms with Gasteiger partial charge < -0.3 is 14.2 Å². The number of phenols is 1. The van der Waals surface area contributed by atoms with Crippen molar-refractivity contribution in [1.29, 1.82) is 0 Å². The van der Waals surface area contributed by atoms with Crippen LogP contribution < -0.4 is 4.74 Å². The number of aromatic hydroxyl groups is 1. The summed E-state index contributed by atoms with van der Waals surface area (Å²) in [6, 6.07) is 12.8. The predicted molar refractivity (Wildman–Crippen MR) is 111 cm³/mol. The standard InChI is InChI=1S/C23H21FN4O2/c24-19-3-1-2-4-22(19)30-23-10-9-20(26-27-23)18-8-6-15(11-21(18)29)16-5-7-17-12-25-14-28(17)13-16/h5-14,19,22,29H,1-4H2/t19-,22+/m1/s1. The number of rotatable bonds is 4. The van der Waals surface area contributed by atoms with Crippen LogP contribution in [-0.2, 0) is 0 Å². The lowest BCUT2D eigenvalue weighted by Crippen LogP contribution is -2.32. The fourth-order valence-corrected chi connectivity index (χ4v) is 3.88. The van der Waals surface area contributed by atoms with E-state index >= 15 is 0 Å². The summed E-state index contributed by atoms with van der Waals surface area (Å²) >= 11 is 0. The zero-order valence-electron chi connectivity index (χ0n) is 16.3. The van der Waals surface area contributed by atoms with E-state index in [1.165, 1.54) is 0 Å². The summed E-state index contributed by atoms with van der Waals surface area (Å²) in [5, 5.41) is 18.8. The minimum absolute atomic E-state index is 0.109. The SMILES string of the molecule is Oc1cc(-c2ccc3cncn3c2)ccc1-c1ccc(O[C@H]2CCCC[C@H]2F)nn1. The van der Waals surface area contributed by atoms with Gasteiger partial charge in [0, 0.05) is 17.8 Å². The Kier molecular flexibility index (Phi) is 4.78. The molecule has 0 spiro atoms. The van der Waals surface area contributed by atoms with Crippen LogP contribution in [-0.4, -0.2) is 37.0 Å². The molecule has 0 aliphatic heterocycles. The molecular formula is C23H21FN4O2. The number of benzene rings is 1. The first-order valence-corrected chi connectivity index (χ1v) is 10.1. The Labute approximate surface area is 173 Å². The van der Waals surface area contributed by atoms with Crippen molar-refractivity contribution in [1.82, 2.24) is 19.6 Å². The lowest BCUT2D eigenvalue weighted by molar-refractivity contribution is 0.0594. The molecule has 0 bridgehead atoms. The highest BCUT2D eigenvalue weighted by molar-refractivity contribution is 5.74. The molecule has 0 unspecified atom stereocenters. The van der Waals surface area contributed by atoms with Crippen LogP contribution in [0, 0.1) is 0 Å². The molecular weight excluding hydrogens is 383 g/mol. The molecule has 30 heavy (non-hydrogen) atoms.